The van der Waals surface area contributed by atoms with Crippen molar-refractivity contribution in [3.63, 3.8) is 0 Å². The molecule has 0 aromatic rings. The van der Waals surface area contributed by atoms with Crippen molar-refractivity contribution < 1.29 is 9.53 Å². The van der Waals surface area contributed by atoms with Crippen molar-refractivity contribution in [3.8, 4) is 0 Å². The summed E-state index contributed by atoms with van der Waals surface area (Å²) in [5, 5.41) is 9.25. The van der Waals surface area contributed by atoms with Crippen molar-refractivity contribution >= 4 is 6.03 Å². The summed E-state index contributed by atoms with van der Waals surface area (Å²) >= 11 is 0. The summed E-state index contributed by atoms with van der Waals surface area (Å²) < 4.78 is 5.21. The number of urea groups is 1. The van der Waals surface area contributed by atoms with E-state index < -0.39 is 0 Å². The van der Waals surface area contributed by atoms with Crippen LogP contribution in [0.2, 0.25) is 0 Å². The van der Waals surface area contributed by atoms with Crippen LogP contribution >= 0.6 is 0 Å². The Labute approximate surface area is 96.3 Å². The summed E-state index contributed by atoms with van der Waals surface area (Å²) in [5.41, 5.74) is 0. The van der Waals surface area contributed by atoms with Gasteiger partial charge in [0.25, 0.3) is 0 Å². The molecular weight excluding hydrogens is 206 g/mol. The van der Waals surface area contributed by atoms with Gasteiger partial charge < -0.3 is 20.7 Å². The second-order valence-corrected chi connectivity index (χ2v) is 4.72. The Morgan fingerprint density at radius 1 is 1.50 bits per heavy atom. The summed E-state index contributed by atoms with van der Waals surface area (Å²) in [5.74, 6) is 0.561. The lowest BCUT2D eigenvalue weighted by Crippen LogP contribution is -2.48. The average molecular weight is 227 g/mol. The van der Waals surface area contributed by atoms with Crippen LogP contribution in [0.4, 0.5) is 4.79 Å². The Hall–Kier alpha value is -0.810. The predicted octanol–water partition coefficient (Wildman–Crippen LogP) is 0.0725. The van der Waals surface area contributed by atoms with E-state index in [2.05, 4.69) is 22.9 Å². The van der Waals surface area contributed by atoms with Crippen LogP contribution in [-0.2, 0) is 4.74 Å². The van der Waals surface area contributed by atoms with Crippen molar-refractivity contribution in [1.29, 1.82) is 0 Å². The summed E-state index contributed by atoms with van der Waals surface area (Å²) in [6.45, 7) is 5.55. The Bertz CT molecular complexity index is 235. The fraction of sp³-hybridized carbons (Fsp3) is 0.909. The van der Waals surface area contributed by atoms with Crippen LogP contribution in [0.15, 0.2) is 0 Å². The Morgan fingerprint density at radius 3 is 3.00 bits per heavy atom. The highest BCUT2D eigenvalue weighted by Crippen LogP contribution is 2.12. The van der Waals surface area contributed by atoms with Crippen LogP contribution < -0.4 is 16.0 Å². The minimum atomic E-state index is -0.0603. The first kappa shape index (κ1) is 11.7. The van der Waals surface area contributed by atoms with Crippen LogP contribution in [0.25, 0.3) is 0 Å². The second-order valence-electron chi connectivity index (χ2n) is 4.72. The topological polar surface area (TPSA) is 62.4 Å². The number of carbonyl (C=O) groups is 1. The number of carbonyl (C=O) groups excluding carboxylic acids is 1. The first-order valence-corrected chi connectivity index (χ1v) is 6.11. The van der Waals surface area contributed by atoms with Gasteiger partial charge >= 0.3 is 6.03 Å². The first-order valence-electron chi connectivity index (χ1n) is 6.11. The maximum atomic E-state index is 11.7. The molecule has 5 nitrogen and oxygen atoms in total. The van der Waals surface area contributed by atoms with E-state index in [1.54, 1.807) is 0 Å². The third-order valence-electron chi connectivity index (χ3n) is 3.43. The number of hydrogen-bond donors (Lipinski definition) is 3. The number of nitrogens with one attached hydrogen (secondary N) is 3. The lowest BCUT2D eigenvalue weighted by atomic mass is 10.0. The molecule has 5 heteroatoms. The zero-order valence-corrected chi connectivity index (χ0v) is 9.79. The van der Waals surface area contributed by atoms with Crippen LogP contribution in [0.3, 0.4) is 0 Å². The Kier molecular flexibility index (Phi) is 4.01. The number of hydrogen-bond acceptors (Lipinski definition) is 3. The van der Waals surface area contributed by atoms with Crippen LogP contribution in [0.1, 0.15) is 19.8 Å². The van der Waals surface area contributed by atoms with Gasteiger partial charge in [0.15, 0.2) is 0 Å². The van der Waals surface area contributed by atoms with Crippen LogP contribution in [-0.4, -0.2) is 44.4 Å². The number of amides is 2. The van der Waals surface area contributed by atoms with Crippen molar-refractivity contribution in [1.82, 2.24) is 16.0 Å². The zero-order valence-electron chi connectivity index (χ0n) is 9.79. The van der Waals surface area contributed by atoms with E-state index in [1.807, 2.05) is 0 Å². The quantitative estimate of drug-likeness (QED) is 0.639. The molecule has 2 rings (SSSR count). The molecule has 2 heterocycles. The summed E-state index contributed by atoms with van der Waals surface area (Å²) in [7, 11) is 0. The Morgan fingerprint density at radius 2 is 2.38 bits per heavy atom. The molecule has 0 aromatic carbocycles. The molecule has 3 unspecified atom stereocenters. The standard InChI is InChI=1S/C11H21N3O2/c1-8(9-2-4-12-6-9)13-11(15)14-10-3-5-16-7-10/h8-10,12H,2-7H2,1H3,(H2,13,14,15). The van der Waals surface area contributed by atoms with Crippen LogP contribution in [0.5, 0.6) is 0 Å². The lowest BCUT2D eigenvalue weighted by Gasteiger charge is -2.21. The fourth-order valence-electron chi connectivity index (χ4n) is 2.30. The van der Waals surface area contributed by atoms with Gasteiger partial charge in [0.1, 0.15) is 0 Å². The molecule has 0 spiro atoms. The molecule has 2 saturated heterocycles. The highest BCUT2D eigenvalue weighted by molar-refractivity contribution is 5.74. The van der Waals surface area contributed by atoms with E-state index >= 15 is 0 Å². The van der Waals surface area contributed by atoms with Crippen LogP contribution in [0, 0.1) is 5.92 Å². The van der Waals surface area contributed by atoms with Crippen molar-refractivity contribution in [2.45, 2.75) is 31.8 Å². The van der Waals surface area contributed by atoms with Gasteiger partial charge in [0, 0.05) is 12.6 Å². The molecular formula is C11H21N3O2. The highest BCUT2D eigenvalue weighted by Gasteiger charge is 2.24. The SMILES string of the molecule is CC(NC(=O)NC1CCOC1)C1CCNC1. The molecule has 2 aliphatic rings. The average Bonchev–Trinajstić information content (AvgIpc) is 2.88. The lowest BCUT2D eigenvalue weighted by molar-refractivity contribution is 0.187. The largest absolute Gasteiger partial charge is 0.379 e. The normalized spacial score (nSPS) is 31.3. The van der Waals surface area contributed by atoms with Gasteiger partial charge in [0.05, 0.1) is 12.6 Å². The second kappa shape index (κ2) is 5.50. The van der Waals surface area contributed by atoms with Gasteiger partial charge in [-0.05, 0) is 38.8 Å². The Balaban J connectivity index is 1.68. The van der Waals surface area contributed by atoms with E-state index in [0.717, 1.165) is 32.5 Å². The van der Waals surface area contributed by atoms with Gasteiger partial charge in [-0.3, -0.25) is 0 Å². The molecule has 2 fully saturated rings. The fourth-order valence-corrected chi connectivity index (χ4v) is 2.30. The molecule has 0 bridgehead atoms. The zero-order chi connectivity index (χ0) is 11.4. The molecule has 2 aliphatic heterocycles. The highest BCUT2D eigenvalue weighted by atomic mass is 16.5. The molecule has 92 valence electrons. The van der Waals surface area contributed by atoms with E-state index in [9.17, 15) is 4.79 Å². The van der Waals surface area contributed by atoms with Crippen molar-refractivity contribution in [2.75, 3.05) is 26.3 Å². The minimum absolute atomic E-state index is 0.0603. The number of ether oxygens (including phenoxy) is 1. The third kappa shape index (κ3) is 3.09. The van der Waals surface area contributed by atoms with Crippen molar-refractivity contribution in [2.24, 2.45) is 5.92 Å². The minimum Gasteiger partial charge on any atom is -0.379 e. The van der Waals surface area contributed by atoms with Crippen molar-refractivity contribution in [3.05, 3.63) is 0 Å². The van der Waals surface area contributed by atoms with Gasteiger partial charge in [-0.25, -0.2) is 4.79 Å². The van der Waals surface area contributed by atoms with E-state index in [-0.39, 0.29) is 18.1 Å². The van der Waals surface area contributed by atoms with Gasteiger partial charge in [-0.15, -0.1) is 0 Å². The number of rotatable bonds is 3. The third-order valence-corrected chi connectivity index (χ3v) is 3.43. The van der Waals surface area contributed by atoms with Gasteiger partial charge in [0.2, 0.25) is 0 Å². The van der Waals surface area contributed by atoms with E-state index in [0.29, 0.717) is 12.5 Å². The van der Waals surface area contributed by atoms with Gasteiger partial charge in [-0.1, -0.05) is 0 Å². The smallest absolute Gasteiger partial charge is 0.315 e. The monoisotopic (exact) mass is 227 g/mol. The predicted molar refractivity (Wildman–Crippen MR) is 61.3 cm³/mol. The molecule has 3 atom stereocenters. The molecule has 0 saturated carbocycles. The van der Waals surface area contributed by atoms with E-state index in [1.165, 1.54) is 0 Å². The molecule has 2 amide bonds. The van der Waals surface area contributed by atoms with E-state index in [4.69, 9.17) is 4.74 Å². The maximum absolute atomic E-state index is 11.7. The summed E-state index contributed by atoms with van der Waals surface area (Å²) in [6.07, 6.45) is 2.07. The maximum Gasteiger partial charge on any atom is 0.315 e. The summed E-state index contributed by atoms with van der Waals surface area (Å²) in [6, 6.07) is 0.362. The molecule has 0 aliphatic carbocycles. The molecule has 0 radical (unpaired) electrons. The first-order chi connectivity index (χ1) is 7.75. The molecule has 16 heavy (non-hydrogen) atoms. The summed E-state index contributed by atoms with van der Waals surface area (Å²) in [4.78, 5) is 11.7. The molecule has 0 aromatic heterocycles. The van der Waals surface area contributed by atoms with Gasteiger partial charge in [-0.2, -0.15) is 0 Å². The molecule has 3 N–H and O–H groups in total.